The maximum atomic E-state index is 12.0. The quantitative estimate of drug-likeness (QED) is 0.538. The Bertz CT molecular complexity index is 612. The van der Waals surface area contributed by atoms with Crippen LogP contribution < -0.4 is 16.0 Å². The lowest BCUT2D eigenvalue weighted by Gasteiger charge is -2.08. The summed E-state index contributed by atoms with van der Waals surface area (Å²) in [4.78, 5) is 7.83. The molecule has 0 aromatic carbocycles. The van der Waals surface area contributed by atoms with Gasteiger partial charge in [-0.2, -0.15) is 0 Å². The van der Waals surface area contributed by atoms with Crippen LogP contribution in [0.3, 0.4) is 0 Å². The molecule has 0 bridgehead atoms. The van der Waals surface area contributed by atoms with Crippen molar-refractivity contribution in [2.75, 3.05) is 5.43 Å². The van der Waals surface area contributed by atoms with E-state index in [-0.39, 0.29) is 17.3 Å². The van der Waals surface area contributed by atoms with Crippen molar-refractivity contribution in [2.45, 2.75) is 11.4 Å². The first-order chi connectivity index (χ1) is 8.63. The summed E-state index contributed by atoms with van der Waals surface area (Å²) < 4.78 is 26.5. The maximum absolute atomic E-state index is 12.0. The average Bonchev–Trinajstić information content (AvgIpc) is 2.89. The van der Waals surface area contributed by atoms with E-state index in [0.717, 1.165) is 0 Å². The van der Waals surface area contributed by atoms with Crippen molar-refractivity contribution in [3.63, 3.8) is 0 Å². The van der Waals surface area contributed by atoms with E-state index in [0.29, 0.717) is 5.69 Å². The van der Waals surface area contributed by atoms with E-state index in [1.807, 2.05) is 0 Å². The van der Waals surface area contributed by atoms with E-state index in [1.54, 1.807) is 10.9 Å². The molecule has 0 saturated heterocycles. The number of thiazole rings is 1. The summed E-state index contributed by atoms with van der Waals surface area (Å²) in [5.41, 5.74) is 4.55. The standard InChI is InChI=1S/C9H11N5O2S2/c10-14-9-8(2-1-3-11-9)18(15,16)13-4-7-5-17-6-12-7/h1-3,5-6,13H,4,10H2,(H,11,14). The third-order valence-corrected chi connectivity index (χ3v) is 4.19. The lowest BCUT2D eigenvalue weighted by Crippen LogP contribution is -2.25. The highest BCUT2D eigenvalue weighted by Crippen LogP contribution is 2.16. The smallest absolute Gasteiger partial charge is 0.244 e. The Morgan fingerprint density at radius 3 is 2.89 bits per heavy atom. The van der Waals surface area contributed by atoms with Crippen LogP contribution in [0.2, 0.25) is 0 Å². The van der Waals surface area contributed by atoms with Gasteiger partial charge in [-0.25, -0.2) is 29.0 Å². The fourth-order valence-electron chi connectivity index (χ4n) is 1.29. The van der Waals surface area contributed by atoms with Crippen LogP contribution in [-0.2, 0) is 16.6 Å². The first-order valence-electron chi connectivity index (χ1n) is 4.92. The molecule has 9 heteroatoms. The summed E-state index contributed by atoms with van der Waals surface area (Å²) >= 11 is 1.40. The first kappa shape index (κ1) is 12.9. The number of rotatable bonds is 5. The fraction of sp³-hybridized carbons (Fsp3) is 0.111. The van der Waals surface area contributed by atoms with Gasteiger partial charge in [0.2, 0.25) is 10.0 Å². The first-order valence-corrected chi connectivity index (χ1v) is 7.34. The Balaban J connectivity index is 2.20. The van der Waals surface area contributed by atoms with Crippen molar-refractivity contribution in [2.24, 2.45) is 5.84 Å². The Morgan fingerprint density at radius 2 is 2.22 bits per heavy atom. The van der Waals surface area contributed by atoms with Crippen molar-refractivity contribution in [3.8, 4) is 0 Å². The van der Waals surface area contributed by atoms with Gasteiger partial charge in [0.25, 0.3) is 0 Å². The zero-order valence-electron chi connectivity index (χ0n) is 9.20. The van der Waals surface area contributed by atoms with E-state index in [9.17, 15) is 8.42 Å². The van der Waals surface area contributed by atoms with Crippen LogP contribution in [-0.4, -0.2) is 18.4 Å². The molecule has 0 aliphatic rings. The zero-order valence-corrected chi connectivity index (χ0v) is 10.8. The molecule has 0 fully saturated rings. The van der Waals surface area contributed by atoms with Crippen molar-refractivity contribution >= 4 is 27.2 Å². The molecular weight excluding hydrogens is 274 g/mol. The Morgan fingerprint density at radius 1 is 1.39 bits per heavy atom. The van der Waals surface area contributed by atoms with Crippen LogP contribution in [0.5, 0.6) is 0 Å². The van der Waals surface area contributed by atoms with Gasteiger partial charge in [-0.1, -0.05) is 0 Å². The van der Waals surface area contributed by atoms with E-state index in [1.165, 1.54) is 29.7 Å². The summed E-state index contributed by atoms with van der Waals surface area (Å²) in [5, 5.41) is 1.77. The van der Waals surface area contributed by atoms with Crippen molar-refractivity contribution in [1.82, 2.24) is 14.7 Å². The average molecular weight is 285 g/mol. The van der Waals surface area contributed by atoms with Crippen molar-refractivity contribution < 1.29 is 8.42 Å². The second kappa shape index (κ2) is 5.40. The van der Waals surface area contributed by atoms with Gasteiger partial charge in [0.1, 0.15) is 4.90 Å². The van der Waals surface area contributed by atoms with Gasteiger partial charge in [-0.05, 0) is 12.1 Å². The topological polar surface area (TPSA) is 110 Å². The number of pyridine rings is 1. The molecule has 4 N–H and O–H groups in total. The van der Waals surface area contributed by atoms with Crippen molar-refractivity contribution in [1.29, 1.82) is 0 Å². The second-order valence-electron chi connectivity index (χ2n) is 3.30. The van der Waals surface area contributed by atoms with Crippen LogP contribution in [0.4, 0.5) is 5.82 Å². The van der Waals surface area contributed by atoms with E-state index >= 15 is 0 Å². The normalized spacial score (nSPS) is 11.4. The highest BCUT2D eigenvalue weighted by molar-refractivity contribution is 7.89. The number of hydrogen-bond acceptors (Lipinski definition) is 7. The third kappa shape index (κ3) is 2.82. The van der Waals surface area contributed by atoms with Gasteiger partial charge < -0.3 is 5.43 Å². The van der Waals surface area contributed by atoms with E-state index in [4.69, 9.17) is 5.84 Å². The third-order valence-electron chi connectivity index (χ3n) is 2.12. The predicted molar refractivity (Wildman–Crippen MR) is 68.2 cm³/mol. The van der Waals surface area contributed by atoms with Gasteiger partial charge in [0.05, 0.1) is 17.7 Å². The number of hydrogen-bond donors (Lipinski definition) is 3. The van der Waals surface area contributed by atoms with Crippen LogP contribution in [0.1, 0.15) is 5.69 Å². The SMILES string of the molecule is NNc1ncccc1S(=O)(=O)NCc1cscn1. The minimum atomic E-state index is -3.67. The summed E-state index contributed by atoms with van der Waals surface area (Å²) in [5.74, 6) is 5.32. The molecule has 0 saturated carbocycles. The molecule has 2 heterocycles. The van der Waals surface area contributed by atoms with Crippen LogP contribution >= 0.6 is 11.3 Å². The highest BCUT2D eigenvalue weighted by atomic mass is 32.2. The molecule has 0 unspecified atom stereocenters. The Labute approximate surface area is 108 Å². The van der Waals surface area contributed by atoms with Crippen LogP contribution in [0.25, 0.3) is 0 Å². The molecule has 0 radical (unpaired) electrons. The molecule has 0 aliphatic heterocycles. The van der Waals surface area contributed by atoms with Gasteiger partial charge in [0.15, 0.2) is 5.82 Å². The minimum absolute atomic E-state index is 0.00253. The molecular formula is C9H11N5O2S2. The molecule has 18 heavy (non-hydrogen) atoms. The van der Waals surface area contributed by atoms with E-state index < -0.39 is 10.0 Å². The van der Waals surface area contributed by atoms with Gasteiger partial charge >= 0.3 is 0 Å². The Hall–Kier alpha value is -1.55. The zero-order chi connectivity index (χ0) is 13.0. The predicted octanol–water partition coefficient (Wildman–Crippen LogP) is 0.302. The van der Waals surface area contributed by atoms with Gasteiger partial charge in [0, 0.05) is 11.6 Å². The minimum Gasteiger partial charge on any atom is -0.307 e. The number of sulfonamides is 1. The number of nitrogens with two attached hydrogens (primary N) is 1. The highest BCUT2D eigenvalue weighted by Gasteiger charge is 2.18. The fourth-order valence-corrected chi connectivity index (χ4v) is 2.96. The lowest BCUT2D eigenvalue weighted by atomic mass is 10.5. The monoisotopic (exact) mass is 285 g/mol. The molecule has 0 atom stereocenters. The Kier molecular flexibility index (Phi) is 3.87. The van der Waals surface area contributed by atoms with Gasteiger partial charge in [-0.15, -0.1) is 11.3 Å². The molecule has 0 amide bonds. The summed E-state index contributed by atoms with van der Waals surface area (Å²) in [6.45, 7) is 0.130. The molecule has 0 spiro atoms. The van der Waals surface area contributed by atoms with Crippen LogP contribution in [0, 0.1) is 0 Å². The molecule has 0 aliphatic carbocycles. The van der Waals surface area contributed by atoms with Crippen LogP contribution in [0.15, 0.2) is 34.1 Å². The largest absolute Gasteiger partial charge is 0.307 e. The number of nitrogens with zero attached hydrogens (tertiary/aromatic N) is 2. The number of nitrogens with one attached hydrogen (secondary N) is 2. The second-order valence-corrected chi connectivity index (χ2v) is 5.75. The number of hydrazine groups is 1. The molecule has 96 valence electrons. The summed E-state index contributed by atoms with van der Waals surface area (Å²) in [6.07, 6.45) is 1.45. The maximum Gasteiger partial charge on any atom is 0.244 e. The number of nitrogen functional groups attached to an aromatic ring is 1. The number of anilines is 1. The van der Waals surface area contributed by atoms with Crippen molar-refractivity contribution in [3.05, 3.63) is 34.9 Å². The molecule has 2 aromatic rings. The van der Waals surface area contributed by atoms with Gasteiger partial charge in [-0.3, -0.25) is 0 Å². The lowest BCUT2D eigenvalue weighted by molar-refractivity contribution is 0.580. The molecule has 2 aromatic heterocycles. The number of aromatic nitrogens is 2. The molecule has 7 nitrogen and oxygen atoms in total. The molecule has 2 rings (SSSR count). The summed E-state index contributed by atoms with van der Waals surface area (Å²) in [7, 11) is -3.67. The summed E-state index contributed by atoms with van der Waals surface area (Å²) in [6, 6.07) is 2.95. The van der Waals surface area contributed by atoms with E-state index in [2.05, 4.69) is 20.1 Å².